The molecule has 1 unspecified atom stereocenters. The molecule has 2 aromatic rings. The van der Waals surface area contributed by atoms with E-state index in [4.69, 9.17) is 0 Å². The average Bonchev–Trinajstić information content (AvgIpc) is 3.15. The number of amides is 1. The van der Waals surface area contributed by atoms with Gasteiger partial charge in [-0.2, -0.15) is 13.2 Å². The number of anilines is 2. The summed E-state index contributed by atoms with van der Waals surface area (Å²) >= 11 is 0. The number of hydrogen-bond acceptors (Lipinski definition) is 7. The first-order chi connectivity index (χ1) is 16.3. The van der Waals surface area contributed by atoms with Gasteiger partial charge in [-0.25, -0.2) is 27.2 Å². The van der Waals surface area contributed by atoms with E-state index in [-0.39, 0.29) is 17.6 Å². The van der Waals surface area contributed by atoms with Gasteiger partial charge in [0.15, 0.2) is 15.5 Å². The van der Waals surface area contributed by atoms with Crippen molar-refractivity contribution < 1.29 is 35.2 Å². The molecule has 1 N–H and O–H groups in total. The first-order valence-electron chi connectivity index (χ1n) is 10.7. The molecule has 190 valence electrons. The highest BCUT2D eigenvalue weighted by Crippen LogP contribution is 2.30. The smallest absolute Gasteiger partial charge is 0.371 e. The van der Waals surface area contributed by atoms with Gasteiger partial charge in [-0.1, -0.05) is 0 Å². The van der Waals surface area contributed by atoms with Gasteiger partial charge in [-0.15, -0.1) is 0 Å². The molecule has 2 aliphatic rings. The van der Waals surface area contributed by atoms with Crippen LogP contribution in [0, 0.1) is 11.6 Å². The highest BCUT2D eigenvalue weighted by atomic mass is 32.2. The lowest BCUT2D eigenvalue weighted by Gasteiger charge is -2.37. The van der Waals surface area contributed by atoms with Crippen molar-refractivity contribution in [3.63, 3.8) is 0 Å². The number of likely N-dealkylation sites (tertiary alicyclic amines) is 1. The van der Waals surface area contributed by atoms with Crippen molar-refractivity contribution in [1.82, 2.24) is 14.9 Å². The number of hydrogen-bond donors (Lipinski definition) is 1. The number of benzene rings is 1. The third-order valence-electron chi connectivity index (χ3n) is 6.15. The zero-order chi connectivity index (χ0) is 25.5. The Bertz CT molecular complexity index is 1220. The van der Waals surface area contributed by atoms with Crippen LogP contribution >= 0.6 is 0 Å². The Labute approximate surface area is 198 Å². The van der Waals surface area contributed by atoms with Gasteiger partial charge in [0.1, 0.15) is 28.4 Å². The summed E-state index contributed by atoms with van der Waals surface area (Å²) in [5.74, 6) is -2.06. The van der Waals surface area contributed by atoms with Crippen LogP contribution in [0.1, 0.15) is 25.0 Å². The fraction of sp³-hybridized carbons (Fsp3) is 0.476. The van der Waals surface area contributed by atoms with Crippen LogP contribution in [0.2, 0.25) is 0 Å². The molecule has 1 aromatic heterocycles. The maximum atomic E-state index is 14.4. The first-order valence-corrected chi connectivity index (χ1v) is 12.6. The number of nitrogens with zero attached hydrogens (tertiary/aromatic N) is 4. The van der Waals surface area contributed by atoms with Crippen molar-refractivity contribution in [2.24, 2.45) is 0 Å². The molecular formula is C21H22F5N5O3S. The Hall–Kier alpha value is -3.03. The van der Waals surface area contributed by atoms with Gasteiger partial charge in [0, 0.05) is 38.0 Å². The van der Waals surface area contributed by atoms with Crippen molar-refractivity contribution in [2.45, 2.75) is 42.4 Å². The van der Waals surface area contributed by atoms with E-state index in [0.717, 1.165) is 18.5 Å². The zero-order valence-corrected chi connectivity index (χ0v) is 19.3. The van der Waals surface area contributed by atoms with E-state index in [1.54, 1.807) is 9.80 Å². The minimum Gasteiger partial charge on any atom is -0.371 e. The van der Waals surface area contributed by atoms with Crippen LogP contribution in [0.3, 0.4) is 0 Å². The fourth-order valence-corrected chi connectivity index (χ4v) is 5.08. The summed E-state index contributed by atoms with van der Waals surface area (Å²) in [6.07, 6.45) is -0.590. The van der Waals surface area contributed by atoms with Crippen LogP contribution in [0.5, 0.6) is 0 Å². The molecule has 0 saturated carbocycles. The molecular weight excluding hydrogens is 497 g/mol. The molecule has 0 aliphatic carbocycles. The summed E-state index contributed by atoms with van der Waals surface area (Å²) in [5, 5.41) is 2.68. The quantitative estimate of drug-likeness (QED) is 0.607. The van der Waals surface area contributed by atoms with Gasteiger partial charge in [0.25, 0.3) is 0 Å². The van der Waals surface area contributed by atoms with Gasteiger partial charge in [-0.05, 0) is 25.3 Å². The highest BCUT2D eigenvalue weighted by Gasteiger charge is 2.38. The predicted octanol–water partition coefficient (Wildman–Crippen LogP) is 2.86. The highest BCUT2D eigenvalue weighted by molar-refractivity contribution is 7.90. The third-order valence-corrected chi connectivity index (χ3v) is 7.26. The van der Waals surface area contributed by atoms with Crippen molar-refractivity contribution >= 4 is 27.2 Å². The van der Waals surface area contributed by atoms with E-state index in [9.17, 15) is 35.2 Å². The first kappa shape index (κ1) is 25.1. The number of carbonyl (C=O) groups is 1. The number of carbonyl (C=O) groups excluding carboxylic acids is 1. The van der Waals surface area contributed by atoms with Crippen LogP contribution in [0.15, 0.2) is 29.4 Å². The van der Waals surface area contributed by atoms with E-state index < -0.39 is 44.3 Å². The molecule has 2 aliphatic heterocycles. The maximum Gasteiger partial charge on any atom is 0.434 e. The number of rotatable bonds is 5. The second kappa shape index (κ2) is 9.21. The molecule has 0 radical (unpaired) electrons. The molecule has 4 rings (SSSR count). The van der Waals surface area contributed by atoms with Gasteiger partial charge < -0.3 is 15.1 Å². The van der Waals surface area contributed by atoms with Crippen LogP contribution in [0.25, 0.3) is 0 Å². The second-order valence-corrected chi connectivity index (χ2v) is 10.5. The summed E-state index contributed by atoms with van der Waals surface area (Å²) < 4.78 is 89.7. The molecule has 1 aromatic carbocycles. The van der Waals surface area contributed by atoms with Crippen LogP contribution < -0.4 is 10.2 Å². The molecule has 2 saturated heterocycles. The van der Waals surface area contributed by atoms with Crippen LogP contribution in [-0.2, 0) is 20.8 Å². The van der Waals surface area contributed by atoms with Gasteiger partial charge in [-0.3, -0.25) is 4.79 Å². The summed E-state index contributed by atoms with van der Waals surface area (Å²) in [7, 11) is -3.95. The minimum absolute atomic E-state index is 0.123. The Kier molecular flexibility index (Phi) is 6.60. The van der Waals surface area contributed by atoms with Gasteiger partial charge in [0.2, 0.25) is 5.91 Å². The lowest BCUT2D eigenvalue weighted by atomic mass is 10.0. The van der Waals surface area contributed by atoms with E-state index in [1.165, 1.54) is 0 Å². The summed E-state index contributed by atoms with van der Waals surface area (Å²) in [5.41, 5.74) is -1.37. The molecule has 14 heteroatoms. The lowest BCUT2D eigenvalue weighted by molar-refractivity contribution is -0.141. The predicted molar refractivity (Wildman–Crippen MR) is 115 cm³/mol. The number of sulfone groups is 1. The van der Waals surface area contributed by atoms with Crippen molar-refractivity contribution in [3.8, 4) is 0 Å². The monoisotopic (exact) mass is 519 g/mol. The largest absolute Gasteiger partial charge is 0.434 e. The number of aromatic nitrogens is 2. The molecule has 8 nitrogen and oxygen atoms in total. The van der Waals surface area contributed by atoms with Crippen molar-refractivity contribution in [1.29, 1.82) is 0 Å². The fourth-order valence-electron chi connectivity index (χ4n) is 4.35. The summed E-state index contributed by atoms with van der Waals surface area (Å²) in [4.78, 5) is 22.9. The third kappa shape index (κ3) is 5.31. The van der Waals surface area contributed by atoms with Gasteiger partial charge in [0.05, 0.1) is 18.1 Å². The van der Waals surface area contributed by atoms with Gasteiger partial charge >= 0.3 is 6.18 Å². The lowest BCUT2D eigenvalue weighted by Crippen LogP contribution is -2.47. The zero-order valence-electron chi connectivity index (χ0n) is 18.5. The minimum atomic E-state index is -4.57. The average molecular weight is 519 g/mol. The number of alkyl halides is 3. The molecule has 1 atom stereocenters. The summed E-state index contributed by atoms with van der Waals surface area (Å²) in [6, 6.07) is 0.393. The molecule has 1 amide bonds. The number of piperidine rings is 1. The maximum absolute atomic E-state index is 14.4. The molecule has 3 heterocycles. The normalized spacial score (nSPS) is 19.9. The van der Waals surface area contributed by atoms with E-state index in [0.29, 0.717) is 57.0 Å². The molecule has 2 fully saturated rings. The number of halogens is 5. The van der Waals surface area contributed by atoms with E-state index in [2.05, 4.69) is 15.3 Å². The summed E-state index contributed by atoms with van der Waals surface area (Å²) in [6.45, 7) is 1.31. The Morgan fingerprint density at radius 1 is 1.00 bits per heavy atom. The standard InChI is InChI=1S/C21H22F5N5O3S/c1-35(33,34)17-9-13(22)16(8-14(17)23)29-15-4-7-31(20(15)32)12-2-5-30(6-3-12)19-11-27-18(10-28-19)21(24,25)26/h8-12,15,29H,2-7H2,1H3. The van der Waals surface area contributed by atoms with Crippen LogP contribution in [-0.4, -0.2) is 67.2 Å². The molecule has 0 spiro atoms. The SMILES string of the molecule is CS(=O)(=O)c1cc(F)c(NC2CCN(C3CCN(c4cnc(C(F)(F)F)cn4)CC3)C2=O)cc1F. The Morgan fingerprint density at radius 2 is 1.69 bits per heavy atom. The van der Waals surface area contributed by atoms with E-state index in [1.807, 2.05) is 0 Å². The van der Waals surface area contributed by atoms with Crippen molar-refractivity contribution in [2.75, 3.05) is 36.1 Å². The van der Waals surface area contributed by atoms with Crippen molar-refractivity contribution in [3.05, 3.63) is 41.9 Å². The Morgan fingerprint density at radius 3 is 2.26 bits per heavy atom. The molecule has 35 heavy (non-hydrogen) atoms. The Balaban J connectivity index is 1.36. The van der Waals surface area contributed by atoms with Crippen LogP contribution in [0.4, 0.5) is 33.5 Å². The van der Waals surface area contributed by atoms with E-state index >= 15 is 0 Å². The second-order valence-electron chi connectivity index (χ2n) is 8.53. The topological polar surface area (TPSA) is 95.5 Å². The number of nitrogens with one attached hydrogen (secondary N) is 1. The molecule has 0 bridgehead atoms.